The van der Waals surface area contributed by atoms with Crippen molar-refractivity contribution in [3.63, 3.8) is 0 Å². The molecule has 0 saturated carbocycles. The third kappa shape index (κ3) is 9.80. The average Bonchev–Trinajstić information content (AvgIpc) is 3.81. The normalized spacial score (nSPS) is 13.6. The lowest BCUT2D eigenvalue weighted by atomic mass is 9.88. The van der Waals surface area contributed by atoms with Crippen molar-refractivity contribution < 1.29 is 48.3 Å². The highest BCUT2D eigenvalue weighted by Gasteiger charge is 2.27. The van der Waals surface area contributed by atoms with Crippen LogP contribution < -0.4 is 18.9 Å². The summed E-state index contributed by atoms with van der Waals surface area (Å²) in [7, 11) is -5.89. The number of nitrogens with zero attached hydrogens (tertiary/aromatic N) is 2. The van der Waals surface area contributed by atoms with Gasteiger partial charge >= 0.3 is 7.12 Å². The summed E-state index contributed by atoms with van der Waals surface area (Å²) >= 11 is 3.37. The summed E-state index contributed by atoms with van der Waals surface area (Å²) in [6.45, 7) is 3.74. The zero-order valence-electron chi connectivity index (χ0n) is 32.7. The molecule has 6 aromatic rings. The van der Waals surface area contributed by atoms with Crippen LogP contribution in [-0.4, -0.2) is 58.5 Å². The van der Waals surface area contributed by atoms with Crippen molar-refractivity contribution in [3.05, 3.63) is 93.0 Å². The monoisotopic (exact) mass is 900 g/mol. The van der Waals surface area contributed by atoms with Gasteiger partial charge in [0.15, 0.2) is 22.8 Å². The topological polar surface area (TPSA) is 203 Å². The van der Waals surface area contributed by atoms with Gasteiger partial charge < -0.3 is 28.6 Å². The molecule has 2 aromatic heterocycles. The minimum absolute atomic E-state index is 0. The third-order valence-electron chi connectivity index (χ3n) is 10.0. The van der Waals surface area contributed by atoms with E-state index in [9.17, 15) is 16.8 Å². The second-order valence-electron chi connectivity index (χ2n) is 13.9. The number of rotatable bonds is 10. The smallest absolute Gasteiger partial charge is 0.451 e. The van der Waals surface area contributed by atoms with E-state index < -0.39 is 27.2 Å². The molecule has 4 aromatic carbocycles. The maximum Gasteiger partial charge on any atom is 0.451 e. The highest BCUT2D eigenvalue weighted by molar-refractivity contribution is 9.10. The molecule has 8 rings (SSSR count). The van der Waals surface area contributed by atoms with E-state index in [1.165, 1.54) is 14.2 Å². The van der Waals surface area contributed by atoms with E-state index in [-0.39, 0.29) is 24.3 Å². The van der Waals surface area contributed by atoms with Crippen LogP contribution in [0.2, 0.25) is 6.32 Å². The molecule has 0 bridgehead atoms. The molecular formula is C40H50BBrN4O10S2. The number of anilines is 2. The Balaban J connectivity index is 0.000000231. The Morgan fingerprint density at radius 1 is 0.690 bits per heavy atom. The average molecular weight is 902 g/mol. The lowest BCUT2D eigenvalue weighted by Crippen LogP contribution is -2.16. The fourth-order valence-electron chi connectivity index (χ4n) is 6.85. The lowest BCUT2D eigenvalue weighted by molar-refractivity contribution is 0.401. The summed E-state index contributed by atoms with van der Waals surface area (Å²) in [6, 6.07) is 18.1. The summed E-state index contributed by atoms with van der Waals surface area (Å²) in [5, 5.41) is 24.8. The van der Waals surface area contributed by atoms with Crippen molar-refractivity contribution in [1.82, 2.24) is 10.3 Å². The van der Waals surface area contributed by atoms with Gasteiger partial charge in [0, 0.05) is 7.33 Å². The Morgan fingerprint density at radius 2 is 1.10 bits per heavy atom. The van der Waals surface area contributed by atoms with E-state index >= 15 is 0 Å². The van der Waals surface area contributed by atoms with Gasteiger partial charge in [-0.05, 0) is 147 Å². The summed E-state index contributed by atoms with van der Waals surface area (Å²) in [5.74, 6) is 1.04. The SMILES string of the molecule is CCB(O)O.CCc1ccc2onc(NS(=O)(=O)c3cc4c(cc3OC)CCCC4)c2c1.COc1cc2c(cc1S(=O)(=O)Nc1noc3ccc(Br)cc13)CCCC2.[HH].[HH]. The van der Waals surface area contributed by atoms with Crippen LogP contribution in [0.4, 0.5) is 11.6 Å². The lowest BCUT2D eigenvalue weighted by Gasteiger charge is -2.19. The van der Waals surface area contributed by atoms with E-state index in [4.69, 9.17) is 28.6 Å². The van der Waals surface area contributed by atoms with E-state index in [0.717, 1.165) is 90.1 Å². The van der Waals surface area contributed by atoms with Crippen LogP contribution in [0.3, 0.4) is 0 Å². The molecule has 58 heavy (non-hydrogen) atoms. The molecule has 0 saturated heterocycles. The van der Waals surface area contributed by atoms with Crippen LogP contribution >= 0.6 is 15.9 Å². The number of nitrogens with one attached hydrogen (secondary N) is 2. The van der Waals surface area contributed by atoms with Crippen molar-refractivity contribution in [2.24, 2.45) is 0 Å². The minimum atomic E-state index is -3.88. The Kier molecular flexibility index (Phi) is 13.7. The van der Waals surface area contributed by atoms with Gasteiger partial charge in [-0.2, -0.15) is 0 Å². The van der Waals surface area contributed by atoms with Crippen molar-refractivity contribution in [1.29, 1.82) is 0 Å². The van der Waals surface area contributed by atoms with Crippen molar-refractivity contribution in [3.8, 4) is 11.5 Å². The van der Waals surface area contributed by atoms with Gasteiger partial charge in [-0.3, -0.25) is 9.44 Å². The number of aromatic nitrogens is 2. The van der Waals surface area contributed by atoms with E-state index in [1.807, 2.05) is 31.2 Å². The molecule has 0 atom stereocenters. The minimum Gasteiger partial charge on any atom is -0.495 e. The van der Waals surface area contributed by atoms with E-state index in [0.29, 0.717) is 39.8 Å². The van der Waals surface area contributed by atoms with Gasteiger partial charge in [0.2, 0.25) is 0 Å². The van der Waals surface area contributed by atoms with Gasteiger partial charge in [-0.25, -0.2) is 16.8 Å². The van der Waals surface area contributed by atoms with Crippen molar-refractivity contribution in [2.45, 2.75) is 87.7 Å². The quantitative estimate of drug-likeness (QED) is 0.0959. The van der Waals surface area contributed by atoms with Crippen molar-refractivity contribution >= 4 is 76.7 Å². The molecule has 0 fully saturated rings. The molecule has 312 valence electrons. The summed E-state index contributed by atoms with van der Waals surface area (Å²) in [6.07, 6.45) is 9.27. The van der Waals surface area contributed by atoms with Crippen LogP contribution in [0.25, 0.3) is 21.9 Å². The van der Waals surface area contributed by atoms with Crippen LogP contribution in [-0.2, 0) is 52.2 Å². The van der Waals surface area contributed by atoms with Gasteiger partial charge in [-0.1, -0.05) is 46.2 Å². The number of ether oxygens (including phenoxy) is 2. The number of aryl methyl sites for hydroxylation is 5. The Hall–Kier alpha value is -4.62. The first-order chi connectivity index (χ1) is 27.8. The number of benzene rings is 4. The fourth-order valence-corrected chi connectivity index (χ4v) is 9.64. The van der Waals surface area contributed by atoms with Crippen molar-refractivity contribution in [2.75, 3.05) is 23.7 Å². The first-order valence-corrected chi connectivity index (χ1v) is 22.8. The van der Waals surface area contributed by atoms with Gasteiger partial charge in [0.1, 0.15) is 21.3 Å². The van der Waals surface area contributed by atoms with Gasteiger partial charge in [-0.15, -0.1) is 0 Å². The Labute approximate surface area is 349 Å². The molecule has 0 spiro atoms. The molecule has 0 amide bonds. The molecule has 0 aliphatic heterocycles. The summed E-state index contributed by atoms with van der Waals surface area (Å²) in [4.78, 5) is 0.250. The summed E-state index contributed by atoms with van der Waals surface area (Å²) < 4.78 is 79.3. The van der Waals surface area contributed by atoms with Crippen LogP contribution in [0.15, 0.2) is 84.0 Å². The van der Waals surface area contributed by atoms with Crippen LogP contribution in [0, 0.1) is 0 Å². The van der Waals surface area contributed by atoms with E-state index in [2.05, 4.69) is 35.7 Å². The zero-order valence-corrected chi connectivity index (χ0v) is 35.9. The molecular weight excluding hydrogens is 851 g/mol. The maximum atomic E-state index is 13.1. The molecule has 4 N–H and O–H groups in total. The van der Waals surface area contributed by atoms with Crippen LogP contribution in [0.1, 0.15) is 70.2 Å². The number of hydrogen-bond acceptors (Lipinski definition) is 12. The number of halogens is 1. The molecule has 14 nitrogen and oxygen atoms in total. The predicted octanol–water partition coefficient (Wildman–Crippen LogP) is 8.33. The maximum absolute atomic E-state index is 13.1. The van der Waals surface area contributed by atoms with Crippen LogP contribution in [0.5, 0.6) is 11.5 Å². The third-order valence-corrected chi connectivity index (χ3v) is 13.3. The second kappa shape index (κ2) is 18.5. The molecule has 2 aliphatic rings. The van der Waals surface area contributed by atoms with E-state index in [1.54, 1.807) is 43.3 Å². The first kappa shape index (κ1) is 43.0. The second-order valence-corrected chi connectivity index (χ2v) is 18.2. The first-order valence-electron chi connectivity index (χ1n) is 19.0. The fraction of sp³-hybridized carbons (Fsp3) is 0.350. The molecule has 0 radical (unpaired) electrons. The highest BCUT2D eigenvalue weighted by Crippen LogP contribution is 2.36. The van der Waals surface area contributed by atoms with Gasteiger partial charge in [0.25, 0.3) is 20.0 Å². The number of fused-ring (bicyclic) bond motifs is 4. The molecule has 0 unspecified atom stereocenters. The standard InChI is InChI=1S/C20H22N2O4S.C18H17BrN2O4S.C2H7BO2.2H2/c1-3-13-8-9-17-16(10-13)20(21-26-17)22-27(23,24)19-12-15-7-5-4-6-14(15)11-18(19)25-2;1-24-16-8-11-4-2-3-5-12(11)9-17(16)26(22,23)21-18-14-10-13(19)6-7-15(14)25-20-18;1-2-3(4)5;;/h8-12H,3-7H2,1-2H3,(H,21,22);6-10H,2-5H2,1H3,(H,20,21);4-5H,2H2,1H3;2*1H. The summed E-state index contributed by atoms with van der Waals surface area (Å²) in [5.41, 5.74) is 6.58. The predicted molar refractivity (Wildman–Crippen MR) is 231 cm³/mol. The number of methoxy groups -OCH3 is 2. The highest BCUT2D eigenvalue weighted by atomic mass is 79.9. The zero-order chi connectivity index (χ0) is 41.6. The molecule has 18 heteroatoms. The Morgan fingerprint density at radius 3 is 1.52 bits per heavy atom. The molecule has 2 heterocycles. The largest absolute Gasteiger partial charge is 0.495 e. The molecule has 2 aliphatic carbocycles. The van der Waals surface area contributed by atoms with Gasteiger partial charge in [0.05, 0.1) is 25.0 Å². The Bertz CT molecular complexity index is 2640. The number of hydrogen-bond donors (Lipinski definition) is 4. The number of sulfonamides is 2.